The van der Waals surface area contributed by atoms with Crippen LogP contribution < -0.4 is 0 Å². The van der Waals surface area contributed by atoms with Crippen molar-refractivity contribution < 1.29 is 0 Å². The molecule has 6 heteroatoms. The molecule has 0 N–H and O–H groups in total. The van der Waals surface area contributed by atoms with Crippen LogP contribution in [0.1, 0.15) is 38.8 Å². The van der Waals surface area contributed by atoms with Crippen LogP contribution in [0.15, 0.2) is 47.6 Å². The summed E-state index contributed by atoms with van der Waals surface area (Å²) in [4.78, 5) is 0. The number of rotatable bonds is 5. The lowest BCUT2D eigenvalue weighted by Crippen LogP contribution is -2.10. The molecule has 0 amide bonds. The van der Waals surface area contributed by atoms with Crippen molar-refractivity contribution in [2.24, 2.45) is 0 Å². The van der Waals surface area contributed by atoms with E-state index in [1.165, 1.54) is 5.56 Å². The summed E-state index contributed by atoms with van der Waals surface area (Å²) in [5.41, 5.74) is 3.43. The molecule has 0 radical (unpaired) electrons. The summed E-state index contributed by atoms with van der Waals surface area (Å²) in [5, 5.41) is 11.0. The molecular weight excluding hydrogens is 397 g/mol. The Morgan fingerprint density at radius 1 is 0.963 bits per heavy atom. The molecule has 0 saturated carbocycles. The minimum absolute atomic E-state index is 0.131. The molecule has 3 rings (SSSR count). The highest BCUT2D eigenvalue weighted by atomic mass is 35.5. The fourth-order valence-electron chi connectivity index (χ4n) is 2.82. The van der Waals surface area contributed by atoms with Crippen LogP contribution in [0, 0.1) is 0 Å². The molecule has 27 heavy (non-hydrogen) atoms. The van der Waals surface area contributed by atoms with E-state index in [9.17, 15) is 0 Å². The highest BCUT2D eigenvalue weighted by molar-refractivity contribution is 7.98. The van der Waals surface area contributed by atoms with E-state index in [0.29, 0.717) is 15.8 Å². The molecule has 2 aromatic carbocycles. The fraction of sp³-hybridized carbons (Fsp3) is 0.333. The molecule has 0 spiro atoms. The van der Waals surface area contributed by atoms with Crippen molar-refractivity contribution in [1.29, 1.82) is 0 Å². The summed E-state index contributed by atoms with van der Waals surface area (Å²) >= 11 is 14.2. The fourth-order valence-corrected chi connectivity index (χ4v) is 4.56. The lowest BCUT2D eigenvalue weighted by Gasteiger charge is -2.19. The molecule has 1 heterocycles. The Morgan fingerprint density at radius 2 is 1.59 bits per heavy atom. The van der Waals surface area contributed by atoms with Gasteiger partial charge < -0.3 is 4.57 Å². The molecule has 3 nitrogen and oxygen atoms in total. The zero-order valence-corrected chi connectivity index (χ0v) is 18.3. The number of nitrogens with zero attached hydrogens (tertiary/aromatic N) is 3. The topological polar surface area (TPSA) is 30.7 Å². The normalized spacial score (nSPS) is 11.8. The van der Waals surface area contributed by atoms with Crippen molar-refractivity contribution in [3.8, 4) is 11.4 Å². The number of hydrogen-bond acceptors (Lipinski definition) is 3. The van der Waals surface area contributed by atoms with Crippen molar-refractivity contribution >= 4 is 35.0 Å². The zero-order chi connectivity index (χ0) is 19.6. The van der Waals surface area contributed by atoms with Gasteiger partial charge in [-0.15, -0.1) is 10.2 Å². The van der Waals surface area contributed by atoms with Crippen LogP contribution >= 0.6 is 35.0 Å². The first-order valence-corrected chi connectivity index (χ1v) is 10.6. The summed E-state index contributed by atoms with van der Waals surface area (Å²) in [6, 6.07) is 14.1. The summed E-state index contributed by atoms with van der Waals surface area (Å²) in [5.74, 6) is 1.53. The van der Waals surface area contributed by atoms with E-state index in [1.807, 2.05) is 18.2 Å². The van der Waals surface area contributed by atoms with E-state index in [1.54, 1.807) is 11.8 Å². The van der Waals surface area contributed by atoms with E-state index >= 15 is 0 Å². The van der Waals surface area contributed by atoms with Crippen molar-refractivity contribution in [3.63, 3.8) is 0 Å². The van der Waals surface area contributed by atoms with Gasteiger partial charge in [0.05, 0.1) is 0 Å². The maximum absolute atomic E-state index is 6.28. The van der Waals surface area contributed by atoms with E-state index in [0.717, 1.165) is 28.7 Å². The number of hydrogen-bond donors (Lipinski definition) is 0. The Balaban J connectivity index is 1.85. The van der Waals surface area contributed by atoms with Gasteiger partial charge in [-0.25, -0.2) is 0 Å². The van der Waals surface area contributed by atoms with Gasteiger partial charge in [0, 0.05) is 27.9 Å². The lowest BCUT2D eigenvalue weighted by molar-refractivity contribution is 0.590. The molecule has 0 unspecified atom stereocenters. The second-order valence-corrected chi connectivity index (χ2v) is 9.12. The van der Waals surface area contributed by atoms with Gasteiger partial charge in [0.15, 0.2) is 11.0 Å². The maximum Gasteiger partial charge on any atom is 0.191 e. The van der Waals surface area contributed by atoms with Gasteiger partial charge in [0.1, 0.15) is 0 Å². The minimum Gasteiger partial charge on any atom is -0.302 e. The van der Waals surface area contributed by atoms with Gasteiger partial charge in [0.2, 0.25) is 0 Å². The average Bonchev–Trinajstić information content (AvgIpc) is 3.03. The lowest BCUT2D eigenvalue weighted by atomic mass is 9.87. The standard InChI is InChI=1S/C21H23Cl2N3S/c1-5-26-19(14-9-11-15(12-10-14)21(2,3)4)24-25-20(26)27-13-16-17(22)7-6-8-18(16)23/h6-12H,5,13H2,1-4H3. The summed E-state index contributed by atoms with van der Waals surface area (Å²) in [6.45, 7) is 9.53. The van der Waals surface area contributed by atoms with E-state index in [-0.39, 0.29) is 5.41 Å². The summed E-state index contributed by atoms with van der Waals surface area (Å²) in [6.07, 6.45) is 0. The van der Waals surface area contributed by atoms with Crippen molar-refractivity contribution in [3.05, 3.63) is 63.6 Å². The highest BCUT2D eigenvalue weighted by Gasteiger charge is 2.17. The Hall–Kier alpha value is -1.49. The first-order valence-electron chi connectivity index (χ1n) is 8.91. The predicted molar refractivity (Wildman–Crippen MR) is 116 cm³/mol. The van der Waals surface area contributed by atoms with Crippen molar-refractivity contribution in [2.75, 3.05) is 0 Å². The molecule has 0 bridgehead atoms. The van der Waals surface area contributed by atoms with Gasteiger partial charge in [0.25, 0.3) is 0 Å². The van der Waals surface area contributed by atoms with Crippen LogP contribution in [0.25, 0.3) is 11.4 Å². The van der Waals surface area contributed by atoms with Gasteiger partial charge in [-0.1, -0.05) is 86.1 Å². The molecular formula is C21H23Cl2N3S. The molecule has 1 aromatic heterocycles. The van der Waals surface area contributed by atoms with Crippen LogP contribution in [-0.2, 0) is 17.7 Å². The molecule has 0 atom stereocenters. The van der Waals surface area contributed by atoms with Gasteiger partial charge >= 0.3 is 0 Å². The van der Waals surface area contributed by atoms with E-state index in [4.69, 9.17) is 23.2 Å². The van der Waals surface area contributed by atoms with Gasteiger partial charge in [-0.05, 0) is 35.6 Å². The third-order valence-corrected chi connectivity index (χ3v) is 6.15. The third-order valence-electron chi connectivity index (χ3n) is 4.45. The molecule has 142 valence electrons. The second-order valence-electron chi connectivity index (χ2n) is 7.37. The molecule has 0 fully saturated rings. The summed E-state index contributed by atoms with van der Waals surface area (Å²) < 4.78 is 2.13. The number of aromatic nitrogens is 3. The van der Waals surface area contributed by atoms with E-state index < -0.39 is 0 Å². The second kappa shape index (κ2) is 8.26. The molecule has 3 aromatic rings. The first-order chi connectivity index (χ1) is 12.8. The Labute approximate surface area is 175 Å². The molecule has 0 saturated heterocycles. The number of thioether (sulfide) groups is 1. The molecule has 0 aliphatic rings. The van der Waals surface area contributed by atoms with Crippen molar-refractivity contribution in [1.82, 2.24) is 14.8 Å². The molecule has 0 aliphatic carbocycles. The van der Waals surface area contributed by atoms with Crippen LogP contribution in [0.3, 0.4) is 0 Å². The van der Waals surface area contributed by atoms with Crippen LogP contribution in [-0.4, -0.2) is 14.8 Å². The third kappa shape index (κ3) is 4.50. The predicted octanol–water partition coefficient (Wildman–Crippen LogP) is 6.86. The van der Waals surface area contributed by atoms with Gasteiger partial charge in [-0.2, -0.15) is 0 Å². The largest absolute Gasteiger partial charge is 0.302 e. The Kier molecular flexibility index (Phi) is 6.19. The maximum atomic E-state index is 6.28. The number of halogens is 2. The SMILES string of the molecule is CCn1c(SCc2c(Cl)cccc2Cl)nnc1-c1ccc(C(C)(C)C)cc1. The van der Waals surface area contributed by atoms with Crippen LogP contribution in [0.4, 0.5) is 0 Å². The Bertz CT molecular complexity index is 907. The van der Waals surface area contributed by atoms with Crippen molar-refractivity contribution in [2.45, 2.75) is 50.6 Å². The number of benzene rings is 2. The van der Waals surface area contributed by atoms with Gasteiger partial charge in [-0.3, -0.25) is 0 Å². The minimum atomic E-state index is 0.131. The smallest absolute Gasteiger partial charge is 0.191 e. The summed E-state index contributed by atoms with van der Waals surface area (Å²) in [7, 11) is 0. The van der Waals surface area contributed by atoms with Crippen LogP contribution in [0.2, 0.25) is 10.0 Å². The zero-order valence-electron chi connectivity index (χ0n) is 16.0. The molecule has 0 aliphatic heterocycles. The average molecular weight is 420 g/mol. The van der Waals surface area contributed by atoms with Crippen LogP contribution in [0.5, 0.6) is 0 Å². The first kappa shape index (κ1) is 20.2. The van der Waals surface area contributed by atoms with E-state index in [2.05, 4.69) is 66.7 Å². The highest BCUT2D eigenvalue weighted by Crippen LogP contribution is 2.32. The monoisotopic (exact) mass is 419 g/mol. The quantitative estimate of drug-likeness (QED) is 0.423. The Morgan fingerprint density at radius 3 is 2.15 bits per heavy atom.